The molecule has 114 valence electrons. The number of amides is 1. The second kappa shape index (κ2) is 6.69. The van der Waals surface area contributed by atoms with Gasteiger partial charge in [0.25, 0.3) is 0 Å². The smallest absolute Gasteiger partial charge is 0.220 e. The van der Waals surface area contributed by atoms with Gasteiger partial charge in [0.05, 0.1) is 11.7 Å². The molecule has 0 unspecified atom stereocenters. The van der Waals surface area contributed by atoms with Crippen LogP contribution in [-0.4, -0.2) is 15.9 Å². The highest BCUT2D eigenvalue weighted by atomic mass is 16.1. The zero-order valence-electron chi connectivity index (χ0n) is 12.8. The van der Waals surface area contributed by atoms with Crippen LogP contribution in [-0.2, 0) is 11.2 Å². The van der Waals surface area contributed by atoms with Crippen LogP contribution in [0.4, 0.5) is 0 Å². The van der Waals surface area contributed by atoms with E-state index in [2.05, 4.69) is 28.3 Å². The minimum absolute atomic E-state index is 0.0568. The first-order valence-electron chi connectivity index (χ1n) is 7.83. The Balaban J connectivity index is 1.60. The van der Waals surface area contributed by atoms with Crippen LogP contribution in [0.25, 0.3) is 0 Å². The van der Waals surface area contributed by atoms with Crippen LogP contribution in [0, 0.1) is 12.8 Å². The average Bonchev–Trinajstić information content (AvgIpc) is 3.36. The maximum absolute atomic E-state index is 12.3. The van der Waals surface area contributed by atoms with Gasteiger partial charge in [0.2, 0.25) is 5.91 Å². The number of carbonyl (C=O) groups is 1. The molecule has 0 radical (unpaired) electrons. The number of nitrogens with zero attached hydrogens (tertiary/aromatic N) is 2. The Morgan fingerprint density at radius 1 is 1.36 bits per heavy atom. The fourth-order valence-corrected chi connectivity index (χ4v) is 2.64. The standard InChI is InChI=1S/C18H21N3O/c1-13-8-10-20-16(11-13)18(15-5-6-15)21-17(22)7-4-14-3-2-9-19-12-14/h2-3,8-12,15,18H,4-7H2,1H3,(H,21,22)/t18-/m0/s1. The lowest BCUT2D eigenvalue weighted by atomic mass is 10.1. The molecular weight excluding hydrogens is 274 g/mol. The van der Waals surface area contributed by atoms with E-state index in [0.29, 0.717) is 12.3 Å². The van der Waals surface area contributed by atoms with E-state index in [1.807, 2.05) is 30.6 Å². The molecule has 2 heterocycles. The zero-order chi connectivity index (χ0) is 15.4. The third-order valence-electron chi connectivity index (χ3n) is 4.03. The Hall–Kier alpha value is -2.23. The van der Waals surface area contributed by atoms with Crippen molar-refractivity contribution in [1.82, 2.24) is 15.3 Å². The molecule has 1 fully saturated rings. The van der Waals surface area contributed by atoms with Crippen molar-refractivity contribution in [2.75, 3.05) is 0 Å². The van der Waals surface area contributed by atoms with Gasteiger partial charge in [0.1, 0.15) is 0 Å². The van der Waals surface area contributed by atoms with Gasteiger partial charge in [-0.25, -0.2) is 0 Å². The fourth-order valence-electron chi connectivity index (χ4n) is 2.64. The SMILES string of the molecule is Cc1ccnc([C@@H](NC(=O)CCc2cccnc2)C2CC2)c1. The Bertz CT molecular complexity index is 638. The molecule has 2 aromatic heterocycles. The van der Waals surface area contributed by atoms with Crippen LogP contribution in [0.2, 0.25) is 0 Å². The van der Waals surface area contributed by atoms with Gasteiger partial charge in [-0.15, -0.1) is 0 Å². The summed E-state index contributed by atoms with van der Waals surface area (Å²) in [7, 11) is 0. The molecule has 1 saturated carbocycles. The summed E-state index contributed by atoms with van der Waals surface area (Å²) in [6.45, 7) is 2.05. The van der Waals surface area contributed by atoms with E-state index in [1.54, 1.807) is 6.20 Å². The molecule has 0 aromatic carbocycles. The molecule has 4 heteroatoms. The lowest BCUT2D eigenvalue weighted by Crippen LogP contribution is -2.30. The van der Waals surface area contributed by atoms with Crippen LogP contribution in [0.1, 0.15) is 42.1 Å². The molecule has 22 heavy (non-hydrogen) atoms. The summed E-state index contributed by atoms with van der Waals surface area (Å²) in [5.41, 5.74) is 3.26. The number of pyridine rings is 2. The molecule has 1 amide bonds. The second-order valence-corrected chi connectivity index (χ2v) is 6.00. The monoisotopic (exact) mass is 295 g/mol. The highest BCUT2D eigenvalue weighted by Gasteiger charge is 2.34. The number of hydrogen-bond acceptors (Lipinski definition) is 3. The summed E-state index contributed by atoms with van der Waals surface area (Å²) < 4.78 is 0. The van der Waals surface area contributed by atoms with Crippen molar-refractivity contribution in [2.45, 2.75) is 38.6 Å². The van der Waals surface area contributed by atoms with Gasteiger partial charge in [-0.2, -0.15) is 0 Å². The summed E-state index contributed by atoms with van der Waals surface area (Å²) in [6.07, 6.45) is 8.93. The third kappa shape index (κ3) is 3.91. The van der Waals surface area contributed by atoms with Gasteiger partial charge in [-0.3, -0.25) is 14.8 Å². The molecule has 1 aliphatic carbocycles. The van der Waals surface area contributed by atoms with Crippen LogP contribution < -0.4 is 5.32 Å². The Morgan fingerprint density at radius 3 is 2.91 bits per heavy atom. The van der Waals surface area contributed by atoms with Crippen LogP contribution >= 0.6 is 0 Å². The quantitative estimate of drug-likeness (QED) is 0.891. The summed E-state index contributed by atoms with van der Waals surface area (Å²) in [5.74, 6) is 0.626. The molecule has 4 nitrogen and oxygen atoms in total. The lowest BCUT2D eigenvalue weighted by molar-refractivity contribution is -0.122. The van der Waals surface area contributed by atoms with E-state index in [4.69, 9.17) is 0 Å². The molecule has 0 saturated heterocycles. The maximum Gasteiger partial charge on any atom is 0.220 e. The first-order valence-corrected chi connectivity index (χ1v) is 7.83. The Labute approximate surface area is 131 Å². The van der Waals surface area contributed by atoms with Crippen molar-refractivity contribution in [1.29, 1.82) is 0 Å². The number of carbonyl (C=O) groups excluding carboxylic acids is 1. The maximum atomic E-state index is 12.3. The highest BCUT2D eigenvalue weighted by Crippen LogP contribution is 2.40. The van der Waals surface area contributed by atoms with E-state index in [0.717, 1.165) is 17.7 Å². The van der Waals surface area contributed by atoms with Crippen LogP contribution in [0.5, 0.6) is 0 Å². The molecule has 1 atom stereocenters. The normalized spacial score (nSPS) is 15.3. The number of aryl methyl sites for hydroxylation is 2. The van der Waals surface area contributed by atoms with Crippen LogP contribution in [0.3, 0.4) is 0 Å². The minimum Gasteiger partial charge on any atom is -0.347 e. The van der Waals surface area contributed by atoms with Gasteiger partial charge < -0.3 is 5.32 Å². The summed E-state index contributed by atoms with van der Waals surface area (Å²) >= 11 is 0. The summed E-state index contributed by atoms with van der Waals surface area (Å²) in [6, 6.07) is 8.01. The van der Waals surface area contributed by atoms with Crippen molar-refractivity contribution in [3.63, 3.8) is 0 Å². The number of nitrogens with one attached hydrogen (secondary N) is 1. The minimum atomic E-state index is 0.0568. The van der Waals surface area contributed by atoms with E-state index >= 15 is 0 Å². The molecular formula is C18H21N3O. The molecule has 3 rings (SSSR count). The number of aromatic nitrogens is 2. The topological polar surface area (TPSA) is 54.9 Å². The van der Waals surface area contributed by atoms with Crippen molar-refractivity contribution in [2.24, 2.45) is 5.92 Å². The van der Waals surface area contributed by atoms with E-state index in [9.17, 15) is 4.79 Å². The molecule has 0 aliphatic heterocycles. The molecule has 0 spiro atoms. The number of hydrogen-bond donors (Lipinski definition) is 1. The van der Waals surface area contributed by atoms with Crippen LogP contribution in [0.15, 0.2) is 42.9 Å². The van der Waals surface area contributed by atoms with Crippen molar-refractivity contribution in [3.8, 4) is 0 Å². The van der Waals surface area contributed by atoms with Gasteiger partial charge >= 0.3 is 0 Å². The molecule has 1 N–H and O–H groups in total. The predicted molar refractivity (Wildman–Crippen MR) is 85.1 cm³/mol. The van der Waals surface area contributed by atoms with E-state index < -0.39 is 0 Å². The van der Waals surface area contributed by atoms with Crippen molar-refractivity contribution in [3.05, 3.63) is 59.7 Å². The van der Waals surface area contributed by atoms with Gasteiger partial charge in [-0.1, -0.05) is 6.07 Å². The lowest BCUT2D eigenvalue weighted by Gasteiger charge is -2.18. The van der Waals surface area contributed by atoms with E-state index in [-0.39, 0.29) is 11.9 Å². The first-order chi connectivity index (χ1) is 10.7. The molecule has 2 aromatic rings. The van der Waals surface area contributed by atoms with Gasteiger partial charge in [0, 0.05) is 25.0 Å². The highest BCUT2D eigenvalue weighted by molar-refractivity contribution is 5.76. The van der Waals surface area contributed by atoms with Gasteiger partial charge in [0.15, 0.2) is 0 Å². The molecule has 1 aliphatic rings. The number of rotatable bonds is 6. The zero-order valence-corrected chi connectivity index (χ0v) is 12.8. The third-order valence-corrected chi connectivity index (χ3v) is 4.03. The fraction of sp³-hybridized carbons (Fsp3) is 0.389. The Morgan fingerprint density at radius 2 is 2.23 bits per heavy atom. The van der Waals surface area contributed by atoms with E-state index in [1.165, 1.54) is 18.4 Å². The largest absolute Gasteiger partial charge is 0.347 e. The van der Waals surface area contributed by atoms with Gasteiger partial charge in [-0.05, 0) is 61.4 Å². The van der Waals surface area contributed by atoms with Crippen molar-refractivity contribution < 1.29 is 4.79 Å². The predicted octanol–water partition coefficient (Wildman–Crippen LogP) is 2.99. The second-order valence-electron chi connectivity index (χ2n) is 6.00. The summed E-state index contributed by atoms with van der Waals surface area (Å²) in [4.78, 5) is 20.8. The Kier molecular flexibility index (Phi) is 4.47. The average molecular weight is 295 g/mol. The summed E-state index contributed by atoms with van der Waals surface area (Å²) in [5, 5.41) is 3.17. The molecule has 0 bridgehead atoms. The first kappa shape index (κ1) is 14.7. The van der Waals surface area contributed by atoms with Crippen molar-refractivity contribution >= 4 is 5.91 Å².